The Morgan fingerprint density at radius 3 is 2.27 bits per heavy atom. The molecule has 0 aliphatic carbocycles. The molecule has 0 unspecified atom stereocenters. The van der Waals surface area contributed by atoms with Gasteiger partial charge in [-0.1, -0.05) is 11.5 Å². The van der Waals surface area contributed by atoms with E-state index < -0.39 is 12.1 Å². The van der Waals surface area contributed by atoms with Crippen LogP contribution in [-0.4, -0.2) is 42.8 Å². The van der Waals surface area contributed by atoms with Gasteiger partial charge in [-0.15, -0.1) is 0 Å². The van der Waals surface area contributed by atoms with Crippen molar-refractivity contribution >= 4 is 11.9 Å². The number of rotatable bonds is 9. The van der Waals surface area contributed by atoms with Crippen LogP contribution in [0.1, 0.15) is 32.1 Å². The van der Waals surface area contributed by atoms with Gasteiger partial charge >= 0.3 is 12.1 Å². The minimum atomic E-state index is -5.08. The standard InChI is InChI=1S/C9H19N5O.C2HF3O2/c10-6-4-7-12-9(15)5-2-1-3-8-13-14-11;3-2(4,5)1(6)7/h1-8,10H2,(H,12,15);(H,6,7). The summed E-state index contributed by atoms with van der Waals surface area (Å²) in [6.45, 7) is 1.78. The van der Waals surface area contributed by atoms with Crippen LogP contribution in [0.4, 0.5) is 13.2 Å². The first kappa shape index (κ1) is 22.3. The third kappa shape index (κ3) is 18.0. The summed E-state index contributed by atoms with van der Waals surface area (Å²) in [5.41, 5.74) is 13.3. The molecule has 128 valence electrons. The van der Waals surface area contributed by atoms with E-state index in [4.69, 9.17) is 21.2 Å². The van der Waals surface area contributed by atoms with E-state index in [1.165, 1.54) is 0 Å². The molecule has 8 nitrogen and oxygen atoms in total. The maximum Gasteiger partial charge on any atom is 0.490 e. The van der Waals surface area contributed by atoms with Gasteiger partial charge in [-0.2, -0.15) is 13.2 Å². The van der Waals surface area contributed by atoms with Crippen molar-refractivity contribution in [2.45, 2.75) is 38.3 Å². The van der Waals surface area contributed by atoms with Crippen molar-refractivity contribution in [3.63, 3.8) is 0 Å². The Kier molecular flexibility index (Phi) is 14.1. The Balaban J connectivity index is 0. The number of azide groups is 1. The molecule has 0 fully saturated rings. The second kappa shape index (κ2) is 14.0. The first-order valence-corrected chi connectivity index (χ1v) is 6.53. The van der Waals surface area contributed by atoms with Crippen LogP contribution in [0.15, 0.2) is 5.11 Å². The summed E-state index contributed by atoms with van der Waals surface area (Å²) < 4.78 is 31.7. The van der Waals surface area contributed by atoms with Crippen molar-refractivity contribution < 1.29 is 27.9 Å². The normalized spacial score (nSPS) is 10.0. The molecule has 0 aliphatic heterocycles. The van der Waals surface area contributed by atoms with Gasteiger partial charge in [-0.05, 0) is 31.3 Å². The van der Waals surface area contributed by atoms with E-state index in [-0.39, 0.29) is 5.91 Å². The fraction of sp³-hybridized carbons (Fsp3) is 0.818. The second-order valence-corrected chi connectivity index (χ2v) is 4.06. The number of hydrogen-bond donors (Lipinski definition) is 3. The number of amides is 1. The summed E-state index contributed by atoms with van der Waals surface area (Å²) in [6, 6.07) is 0. The van der Waals surface area contributed by atoms with Gasteiger partial charge in [-0.25, -0.2) is 4.79 Å². The van der Waals surface area contributed by atoms with Crippen LogP contribution >= 0.6 is 0 Å². The Hall–Kier alpha value is -2.00. The van der Waals surface area contributed by atoms with E-state index in [9.17, 15) is 18.0 Å². The minimum Gasteiger partial charge on any atom is -0.475 e. The molecule has 4 N–H and O–H groups in total. The fourth-order valence-corrected chi connectivity index (χ4v) is 1.11. The lowest BCUT2D eigenvalue weighted by atomic mass is 10.2. The highest BCUT2D eigenvalue weighted by atomic mass is 19.4. The maximum absolute atomic E-state index is 11.2. The molecule has 0 saturated carbocycles. The third-order valence-electron chi connectivity index (χ3n) is 2.17. The van der Waals surface area contributed by atoms with Crippen molar-refractivity contribution in [3.8, 4) is 0 Å². The highest BCUT2D eigenvalue weighted by Gasteiger charge is 2.38. The molecular weight excluding hydrogens is 307 g/mol. The maximum atomic E-state index is 11.2. The summed E-state index contributed by atoms with van der Waals surface area (Å²) in [5.74, 6) is -2.68. The minimum absolute atomic E-state index is 0.0761. The van der Waals surface area contributed by atoms with E-state index in [0.717, 1.165) is 25.7 Å². The Bertz CT molecular complexity index is 370. The van der Waals surface area contributed by atoms with Crippen molar-refractivity contribution in [1.29, 1.82) is 0 Å². The number of aliphatic carboxylic acids is 1. The van der Waals surface area contributed by atoms with Gasteiger partial charge in [0, 0.05) is 24.4 Å². The zero-order chi connectivity index (χ0) is 17.4. The van der Waals surface area contributed by atoms with E-state index in [1.807, 2.05) is 0 Å². The van der Waals surface area contributed by atoms with Gasteiger partial charge in [0.25, 0.3) is 0 Å². The first-order valence-electron chi connectivity index (χ1n) is 6.53. The molecule has 0 atom stereocenters. The van der Waals surface area contributed by atoms with E-state index >= 15 is 0 Å². The highest BCUT2D eigenvalue weighted by molar-refractivity contribution is 5.75. The number of carboxylic acids is 1. The topological polar surface area (TPSA) is 141 Å². The number of carbonyl (C=O) groups excluding carboxylic acids is 1. The fourth-order valence-electron chi connectivity index (χ4n) is 1.11. The predicted octanol–water partition coefficient (Wildman–Crippen LogP) is 1.96. The van der Waals surface area contributed by atoms with E-state index in [1.54, 1.807) is 0 Å². The summed E-state index contributed by atoms with van der Waals surface area (Å²) >= 11 is 0. The lowest BCUT2D eigenvalue weighted by Crippen LogP contribution is -2.25. The van der Waals surface area contributed by atoms with Crippen LogP contribution in [0.3, 0.4) is 0 Å². The highest BCUT2D eigenvalue weighted by Crippen LogP contribution is 2.13. The predicted molar refractivity (Wildman–Crippen MR) is 72.9 cm³/mol. The summed E-state index contributed by atoms with van der Waals surface area (Å²) in [5, 5.41) is 13.3. The molecule has 0 aliphatic rings. The number of hydrogen-bond acceptors (Lipinski definition) is 4. The average Bonchev–Trinajstić information content (AvgIpc) is 2.42. The molecule has 0 aromatic rings. The smallest absolute Gasteiger partial charge is 0.475 e. The molecule has 11 heteroatoms. The van der Waals surface area contributed by atoms with E-state index in [2.05, 4.69) is 15.3 Å². The number of carbonyl (C=O) groups is 2. The number of carboxylic acid groups (broad SMARTS) is 1. The Morgan fingerprint density at radius 1 is 1.23 bits per heavy atom. The quantitative estimate of drug-likeness (QED) is 0.257. The van der Waals surface area contributed by atoms with Crippen LogP contribution in [-0.2, 0) is 9.59 Å². The van der Waals surface area contributed by atoms with Crippen molar-refractivity contribution in [1.82, 2.24) is 5.32 Å². The van der Waals surface area contributed by atoms with Crippen molar-refractivity contribution in [3.05, 3.63) is 10.4 Å². The monoisotopic (exact) mass is 327 g/mol. The zero-order valence-corrected chi connectivity index (χ0v) is 12.0. The van der Waals surface area contributed by atoms with E-state index in [0.29, 0.717) is 26.1 Å². The number of alkyl halides is 3. The molecule has 0 heterocycles. The van der Waals surface area contributed by atoms with Crippen LogP contribution in [0.2, 0.25) is 0 Å². The lowest BCUT2D eigenvalue weighted by molar-refractivity contribution is -0.192. The van der Waals surface area contributed by atoms with Crippen LogP contribution in [0.5, 0.6) is 0 Å². The van der Waals surface area contributed by atoms with Gasteiger partial charge in [0.1, 0.15) is 0 Å². The molecule has 1 amide bonds. The van der Waals surface area contributed by atoms with Gasteiger partial charge in [-0.3, -0.25) is 4.79 Å². The number of halogens is 3. The van der Waals surface area contributed by atoms with Gasteiger partial charge in [0.15, 0.2) is 0 Å². The number of nitrogens with one attached hydrogen (secondary N) is 1. The largest absolute Gasteiger partial charge is 0.490 e. The van der Waals surface area contributed by atoms with Crippen LogP contribution in [0.25, 0.3) is 10.4 Å². The molecule has 0 rings (SSSR count). The number of nitrogens with two attached hydrogens (primary N) is 1. The summed E-state index contributed by atoms with van der Waals surface area (Å²) in [7, 11) is 0. The Labute approximate surface area is 125 Å². The van der Waals surface area contributed by atoms with Crippen molar-refractivity contribution in [2.75, 3.05) is 19.6 Å². The molecular formula is C11H20F3N5O3. The average molecular weight is 327 g/mol. The van der Waals surface area contributed by atoms with Gasteiger partial charge in [0.05, 0.1) is 0 Å². The van der Waals surface area contributed by atoms with Crippen molar-refractivity contribution in [2.24, 2.45) is 10.8 Å². The second-order valence-electron chi connectivity index (χ2n) is 4.06. The summed E-state index contributed by atoms with van der Waals surface area (Å²) in [4.78, 5) is 22.7. The molecule has 0 bridgehead atoms. The first-order chi connectivity index (χ1) is 10.3. The van der Waals surface area contributed by atoms with Crippen LogP contribution in [0, 0.1) is 0 Å². The zero-order valence-electron chi connectivity index (χ0n) is 12.0. The SMILES string of the molecule is O=C(O)C(F)(F)F.[N-]=[N+]=NCCCCCC(=O)NCCCN. The molecule has 22 heavy (non-hydrogen) atoms. The molecule has 0 aromatic carbocycles. The number of unbranched alkanes of at least 4 members (excludes halogenated alkanes) is 2. The summed E-state index contributed by atoms with van der Waals surface area (Å²) in [6.07, 6.45) is -1.11. The lowest BCUT2D eigenvalue weighted by Gasteiger charge is -2.03. The van der Waals surface area contributed by atoms with Gasteiger partial charge < -0.3 is 16.2 Å². The number of nitrogens with zero attached hydrogens (tertiary/aromatic N) is 3. The van der Waals surface area contributed by atoms with Gasteiger partial charge in [0.2, 0.25) is 5.91 Å². The molecule has 0 saturated heterocycles. The van der Waals surface area contributed by atoms with Crippen LogP contribution < -0.4 is 11.1 Å². The Morgan fingerprint density at radius 2 is 1.82 bits per heavy atom. The molecule has 0 radical (unpaired) electrons. The third-order valence-corrected chi connectivity index (χ3v) is 2.17. The molecule has 0 spiro atoms. The molecule has 0 aromatic heterocycles.